The van der Waals surface area contributed by atoms with Crippen LogP contribution in [0.25, 0.3) is 77.9 Å². The molecule has 10 aromatic carbocycles. The van der Waals surface area contributed by atoms with E-state index in [0.29, 0.717) is 0 Å². The van der Waals surface area contributed by atoms with E-state index in [4.69, 9.17) is 0 Å². The van der Waals surface area contributed by atoms with Crippen molar-refractivity contribution < 1.29 is 0 Å². The van der Waals surface area contributed by atoms with Crippen LogP contribution in [-0.4, -0.2) is 0 Å². The van der Waals surface area contributed by atoms with Crippen molar-refractivity contribution >= 4 is 17.1 Å². The smallest absolute Gasteiger partial charge is 0.0540 e. The molecule has 2 aliphatic carbocycles. The molecule has 2 aliphatic rings. The zero-order chi connectivity index (χ0) is 45.3. The Hall–Kier alpha value is -8.00. The van der Waals surface area contributed by atoms with Crippen LogP contribution in [0.5, 0.6) is 0 Å². The van der Waals surface area contributed by atoms with Gasteiger partial charge in [-0.3, -0.25) is 0 Å². The van der Waals surface area contributed by atoms with E-state index >= 15 is 0 Å². The quantitative estimate of drug-likeness (QED) is 0.147. The first kappa shape index (κ1) is 40.5. The number of hydrogen-bond donors (Lipinski definition) is 0. The molecule has 1 nitrogen and oxygen atoms in total. The number of benzene rings is 10. The van der Waals surface area contributed by atoms with E-state index in [-0.39, 0.29) is 10.8 Å². The predicted octanol–water partition coefficient (Wildman–Crippen LogP) is 18.1. The molecular formula is C66H51N. The fraction of sp³-hybridized carbons (Fsp3) is 0.0909. The highest BCUT2D eigenvalue weighted by atomic mass is 15.1. The lowest BCUT2D eigenvalue weighted by Crippen LogP contribution is -2.18. The third-order valence-electron chi connectivity index (χ3n) is 14.7. The summed E-state index contributed by atoms with van der Waals surface area (Å²) in [5.74, 6) is 0. The Morgan fingerprint density at radius 1 is 0.239 bits per heavy atom. The molecule has 0 bridgehead atoms. The van der Waals surface area contributed by atoms with Gasteiger partial charge in [-0.1, -0.05) is 222 Å². The molecule has 12 rings (SSSR count). The molecule has 0 saturated heterocycles. The van der Waals surface area contributed by atoms with Gasteiger partial charge in [0.1, 0.15) is 0 Å². The molecule has 0 amide bonds. The molecule has 0 aromatic heterocycles. The van der Waals surface area contributed by atoms with E-state index in [0.717, 1.165) is 17.1 Å². The summed E-state index contributed by atoms with van der Waals surface area (Å²) >= 11 is 0. The monoisotopic (exact) mass is 857 g/mol. The molecule has 0 aliphatic heterocycles. The van der Waals surface area contributed by atoms with Gasteiger partial charge < -0.3 is 4.90 Å². The molecule has 320 valence electrons. The fourth-order valence-electron chi connectivity index (χ4n) is 11.0. The van der Waals surface area contributed by atoms with Crippen LogP contribution in [0.15, 0.2) is 237 Å². The van der Waals surface area contributed by atoms with Crippen LogP contribution < -0.4 is 4.90 Å². The first-order chi connectivity index (χ1) is 32.7. The van der Waals surface area contributed by atoms with Crippen LogP contribution in [-0.2, 0) is 10.8 Å². The predicted molar refractivity (Wildman–Crippen MR) is 283 cm³/mol. The molecule has 0 atom stereocenters. The van der Waals surface area contributed by atoms with E-state index in [1.165, 1.54) is 100 Å². The van der Waals surface area contributed by atoms with Crippen molar-refractivity contribution in [2.75, 3.05) is 4.90 Å². The summed E-state index contributed by atoms with van der Waals surface area (Å²) in [7, 11) is 0. The van der Waals surface area contributed by atoms with Crippen molar-refractivity contribution in [3.05, 3.63) is 259 Å². The standard InChI is InChI=1S/C66H51N/c1-65(2)60-40-51(48-28-24-46(25-29-48)44-16-8-5-9-17-44)32-36-56(60)58-38-34-53(42-62(58)65)67(64-23-15-14-22-55(64)50-20-12-7-13-21-50)54-35-39-59-57-37-33-52(41-61(57)66(3,4)63(59)43-54)49-30-26-47(27-31-49)45-18-10-6-11-19-45/h5-43H,1-4H3. The van der Waals surface area contributed by atoms with Crippen LogP contribution in [0.4, 0.5) is 17.1 Å². The molecule has 0 unspecified atom stereocenters. The number of hydrogen-bond acceptors (Lipinski definition) is 1. The lowest BCUT2D eigenvalue weighted by molar-refractivity contribution is 0.660. The van der Waals surface area contributed by atoms with Crippen molar-refractivity contribution in [3.63, 3.8) is 0 Å². The molecule has 1 heteroatoms. The third-order valence-corrected chi connectivity index (χ3v) is 14.7. The number of rotatable bonds is 8. The molecule has 10 aromatic rings. The SMILES string of the molecule is CC1(C)c2cc(-c3ccc(-c4ccccc4)cc3)ccc2-c2ccc(N(c3ccc4c(c3)C(C)(C)c3cc(-c5ccc(-c6ccccc6)cc5)ccc3-4)c3ccccc3-c3ccccc3)cc21. The molecule has 0 heterocycles. The van der Waals surface area contributed by atoms with Crippen LogP contribution in [0, 0.1) is 0 Å². The maximum absolute atomic E-state index is 2.50. The van der Waals surface area contributed by atoms with Gasteiger partial charge in [-0.2, -0.15) is 0 Å². The van der Waals surface area contributed by atoms with E-state index in [1.807, 2.05) is 0 Å². The highest BCUT2D eigenvalue weighted by molar-refractivity contribution is 5.93. The van der Waals surface area contributed by atoms with Crippen molar-refractivity contribution in [1.82, 2.24) is 0 Å². The van der Waals surface area contributed by atoms with Gasteiger partial charge >= 0.3 is 0 Å². The Bertz CT molecular complexity index is 3280. The van der Waals surface area contributed by atoms with E-state index in [1.54, 1.807) is 0 Å². The van der Waals surface area contributed by atoms with Crippen LogP contribution in [0.1, 0.15) is 49.9 Å². The van der Waals surface area contributed by atoms with E-state index in [9.17, 15) is 0 Å². The van der Waals surface area contributed by atoms with Crippen LogP contribution in [0.2, 0.25) is 0 Å². The second kappa shape index (κ2) is 15.9. The zero-order valence-electron chi connectivity index (χ0n) is 38.5. The summed E-state index contributed by atoms with van der Waals surface area (Å²) in [5, 5.41) is 0. The zero-order valence-corrected chi connectivity index (χ0v) is 38.5. The number of para-hydroxylation sites is 1. The van der Waals surface area contributed by atoms with Gasteiger partial charge in [-0.05, 0) is 137 Å². The van der Waals surface area contributed by atoms with Crippen LogP contribution in [0.3, 0.4) is 0 Å². The maximum atomic E-state index is 2.50. The molecule has 0 fully saturated rings. The minimum absolute atomic E-state index is 0.216. The number of nitrogens with zero attached hydrogens (tertiary/aromatic N) is 1. The number of fused-ring (bicyclic) bond motifs is 6. The normalized spacial score (nSPS) is 13.6. The van der Waals surface area contributed by atoms with Gasteiger partial charge in [0.2, 0.25) is 0 Å². The largest absolute Gasteiger partial charge is 0.310 e. The Labute approximate surface area is 395 Å². The first-order valence-corrected chi connectivity index (χ1v) is 23.6. The van der Waals surface area contributed by atoms with Gasteiger partial charge in [0.05, 0.1) is 5.69 Å². The topological polar surface area (TPSA) is 3.24 Å². The van der Waals surface area contributed by atoms with E-state index < -0.39 is 0 Å². The average Bonchev–Trinajstić information content (AvgIpc) is 3.75. The van der Waals surface area contributed by atoms with Crippen LogP contribution >= 0.6 is 0 Å². The lowest BCUT2D eigenvalue weighted by atomic mass is 9.81. The van der Waals surface area contributed by atoms with Crippen molar-refractivity contribution in [2.45, 2.75) is 38.5 Å². The van der Waals surface area contributed by atoms with Gasteiger partial charge in [-0.15, -0.1) is 0 Å². The lowest BCUT2D eigenvalue weighted by Gasteiger charge is -2.31. The molecular weight excluding hydrogens is 807 g/mol. The molecule has 0 radical (unpaired) electrons. The summed E-state index contributed by atoms with van der Waals surface area (Å²) in [4.78, 5) is 2.50. The fourth-order valence-corrected chi connectivity index (χ4v) is 11.0. The summed E-state index contributed by atoms with van der Waals surface area (Å²) in [5.41, 5.74) is 26.0. The second-order valence-corrected chi connectivity index (χ2v) is 19.3. The van der Waals surface area contributed by atoms with Crippen molar-refractivity contribution in [2.24, 2.45) is 0 Å². The summed E-state index contributed by atoms with van der Waals surface area (Å²) in [6.07, 6.45) is 0. The van der Waals surface area contributed by atoms with Gasteiger partial charge in [0.25, 0.3) is 0 Å². The molecule has 0 N–H and O–H groups in total. The minimum Gasteiger partial charge on any atom is -0.310 e. The third kappa shape index (κ3) is 6.85. The summed E-state index contributed by atoms with van der Waals surface area (Å²) in [6.45, 7) is 9.58. The Balaban J connectivity index is 0.932. The average molecular weight is 858 g/mol. The Morgan fingerprint density at radius 3 is 0.955 bits per heavy atom. The highest BCUT2D eigenvalue weighted by Crippen LogP contribution is 2.55. The number of anilines is 3. The minimum atomic E-state index is -0.216. The molecule has 67 heavy (non-hydrogen) atoms. The summed E-state index contributed by atoms with van der Waals surface area (Å²) in [6, 6.07) is 87.5. The Kier molecular flexibility index (Phi) is 9.59. The van der Waals surface area contributed by atoms with Crippen molar-refractivity contribution in [1.29, 1.82) is 0 Å². The highest BCUT2D eigenvalue weighted by Gasteiger charge is 2.38. The Morgan fingerprint density at radius 2 is 0.537 bits per heavy atom. The second-order valence-electron chi connectivity index (χ2n) is 19.3. The van der Waals surface area contributed by atoms with Gasteiger partial charge in [-0.25, -0.2) is 0 Å². The van der Waals surface area contributed by atoms with E-state index in [2.05, 4.69) is 269 Å². The first-order valence-electron chi connectivity index (χ1n) is 23.6. The maximum Gasteiger partial charge on any atom is 0.0540 e. The molecule has 0 spiro atoms. The van der Waals surface area contributed by atoms with Crippen molar-refractivity contribution in [3.8, 4) is 77.9 Å². The van der Waals surface area contributed by atoms with Gasteiger partial charge in [0, 0.05) is 27.8 Å². The summed E-state index contributed by atoms with van der Waals surface area (Å²) < 4.78 is 0. The molecule has 0 saturated carbocycles. The van der Waals surface area contributed by atoms with Gasteiger partial charge in [0.15, 0.2) is 0 Å².